The van der Waals surface area contributed by atoms with Gasteiger partial charge in [0, 0.05) is 25.5 Å². The van der Waals surface area contributed by atoms with Crippen molar-refractivity contribution in [2.75, 3.05) is 24.7 Å². The molecule has 1 unspecified atom stereocenters. The number of anilines is 1. The maximum absolute atomic E-state index is 15.4. The van der Waals surface area contributed by atoms with Crippen molar-refractivity contribution in [3.63, 3.8) is 0 Å². The summed E-state index contributed by atoms with van der Waals surface area (Å²) >= 11 is 0. The number of hydrogen-bond acceptors (Lipinski definition) is 5. The fourth-order valence-electron chi connectivity index (χ4n) is 3.76. The van der Waals surface area contributed by atoms with Crippen LogP contribution in [-0.2, 0) is 6.54 Å². The molecule has 0 radical (unpaired) electrons. The fraction of sp³-hybridized carbons (Fsp3) is 0.333. The first-order valence-corrected chi connectivity index (χ1v) is 8.87. The number of fused-ring (bicyclic) bond motifs is 1. The van der Waals surface area contributed by atoms with E-state index in [9.17, 15) is 23.5 Å². The third-order valence-corrected chi connectivity index (χ3v) is 5.08. The maximum atomic E-state index is 15.4. The number of aryl methyl sites for hydroxylation is 1. The predicted octanol–water partition coefficient (Wildman–Crippen LogP) is 1.99. The van der Waals surface area contributed by atoms with Crippen LogP contribution >= 0.6 is 0 Å². The van der Waals surface area contributed by atoms with Gasteiger partial charge >= 0.3 is 5.97 Å². The van der Waals surface area contributed by atoms with E-state index in [2.05, 4.69) is 10.3 Å². The maximum Gasteiger partial charge on any atom is 0.341 e. The molecule has 1 saturated heterocycles. The summed E-state index contributed by atoms with van der Waals surface area (Å²) in [6, 6.07) is 0.689. The highest BCUT2D eigenvalue weighted by atomic mass is 19.1. The van der Waals surface area contributed by atoms with Gasteiger partial charge in [-0.1, -0.05) is 5.21 Å². The average Bonchev–Trinajstić information content (AvgIpc) is 3.35. The van der Waals surface area contributed by atoms with Crippen LogP contribution in [0.3, 0.4) is 0 Å². The normalized spacial score (nSPS) is 16.7. The molecule has 1 aromatic carbocycles. The lowest BCUT2D eigenvalue weighted by atomic mass is 10.1. The van der Waals surface area contributed by atoms with Crippen LogP contribution in [0.4, 0.5) is 18.9 Å². The van der Waals surface area contributed by atoms with Gasteiger partial charge in [-0.3, -0.25) is 4.79 Å². The first-order chi connectivity index (χ1) is 13.9. The number of benzene rings is 1. The summed E-state index contributed by atoms with van der Waals surface area (Å²) in [6.07, 6.45) is 4.64. The number of nitrogens with zero attached hydrogens (tertiary/aromatic N) is 5. The minimum absolute atomic E-state index is 0.130. The van der Waals surface area contributed by atoms with E-state index in [1.807, 2.05) is 0 Å². The number of carbonyl (C=O) groups is 1. The van der Waals surface area contributed by atoms with Crippen molar-refractivity contribution >= 4 is 22.6 Å². The summed E-state index contributed by atoms with van der Waals surface area (Å²) in [5, 5.41) is 16.4. The van der Waals surface area contributed by atoms with Gasteiger partial charge in [-0.05, 0) is 12.5 Å². The SMILES string of the molecule is O=C(O)c1cn(CCF)c2c(F)c(N3CCC(n4ccnn4)C3)c(F)cc2c1=O. The largest absolute Gasteiger partial charge is 0.477 e. The Morgan fingerprint density at radius 3 is 2.79 bits per heavy atom. The van der Waals surface area contributed by atoms with Gasteiger partial charge in [-0.15, -0.1) is 5.10 Å². The van der Waals surface area contributed by atoms with E-state index < -0.39 is 40.7 Å². The molecule has 1 N–H and O–H groups in total. The van der Waals surface area contributed by atoms with E-state index in [0.29, 0.717) is 13.0 Å². The molecule has 2 aromatic heterocycles. The second-order valence-corrected chi connectivity index (χ2v) is 6.75. The molecule has 152 valence electrons. The molecule has 11 heteroatoms. The van der Waals surface area contributed by atoms with Gasteiger partial charge in [0.1, 0.15) is 23.7 Å². The Morgan fingerprint density at radius 1 is 1.34 bits per heavy atom. The molecule has 0 spiro atoms. The Kier molecular flexibility index (Phi) is 4.73. The van der Waals surface area contributed by atoms with Crippen molar-refractivity contribution in [1.29, 1.82) is 0 Å². The van der Waals surface area contributed by atoms with Gasteiger partial charge in [-0.2, -0.15) is 0 Å². The molecule has 3 aromatic rings. The average molecular weight is 407 g/mol. The zero-order chi connectivity index (χ0) is 20.7. The second kappa shape index (κ2) is 7.22. The highest BCUT2D eigenvalue weighted by molar-refractivity contribution is 5.93. The van der Waals surface area contributed by atoms with Crippen LogP contribution in [0.25, 0.3) is 10.9 Å². The highest BCUT2D eigenvalue weighted by Crippen LogP contribution is 2.34. The predicted molar refractivity (Wildman–Crippen MR) is 96.9 cm³/mol. The molecule has 0 bridgehead atoms. The van der Waals surface area contributed by atoms with Crippen molar-refractivity contribution in [3.8, 4) is 0 Å². The van der Waals surface area contributed by atoms with Crippen LogP contribution in [0.5, 0.6) is 0 Å². The summed E-state index contributed by atoms with van der Waals surface area (Å²) in [6.45, 7) is -0.685. The van der Waals surface area contributed by atoms with E-state index in [1.165, 1.54) is 11.1 Å². The summed E-state index contributed by atoms with van der Waals surface area (Å²) < 4.78 is 45.8. The second-order valence-electron chi connectivity index (χ2n) is 6.75. The molecule has 8 nitrogen and oxygen atoms in total. The molecular formula is C18H16F3N5O3. The zero-order valence-electron chi connectivity index (χ0n) is 15.1. The molecule has 0 aliphatic carbocycles. The van der Waals surface area contributed by atoms with Crippen LogP contribution in [0, 0.1) is 11.6 Å². The lowest BCUT2D eigenvalue weighted by Crippen LogP contribution is -2.25. The molecule has 4 rings (SSSR count). The third-order valence-electron chi connectivity index (χ3n) is 5.08. The molecular weight excluding hydrogens is 391 g/mol. The van der Waals surface area contributed by atoms with Gasteiger partial charge in [0.15, 0.2) is 5.82 Å². The van der Waals surface area contributed by atoms with Crippen LogP contribution < -0.4 is 10.3 Å². The Morgan fingerprint density at radius 2 is 2.14 bits per heavy atom. The van der Waals surface area contributed by atoms with Gasteiger partial charge in [0.05, 0.1) is 29.7 Å². The zero-order valence-corrected chi connectivity index (χ0v) is 15.1. The topological polar surface area (TPSA) is 93.2 Å². The monoisotopic (exact) mass is 407 g/mol. The number of aromatic carboxylic acids is 1. The van der Waals surface area contributed by atoms with Crippen LogP contribution in [-0.4, -0.2) is 50.4 Å². The Labute approximate surface area is 161 Å². The lowest BCUT2D eigenvalue weighted by molar-refractivity contribution is 0.0694. The molecule has 1 aliphatic rings. The van der Waals surface area contributed by atoms with Gasteiger partial charge in [0.2, 0.25) is 5.43 Å². The van der Waals surface area contributed by atoms with E-state index in [1.54, 1.807) is 10.9 Å². The Hall–Kier alpha value is -3.37. The first kappa shape index (κ1) is 19.0. The highest BCUT2D eigenvalue weighted by Gasteiger charge is 2.31. The smallest absolute Gasteiger partial charge is 0.341 e. The number of aromatic nitrogens is 4. The number of rotatable bonds is 5. The van der Waals surface area contributed by atoms with E-state index in [0.717, 1.165) is 16.8 Å². The van der Waals surface area contributed by atoms with E-state index in [4.69, 9.17) is 0 Å². The molecule has 0 saturated carbocycles. The molecule has 0 amide bonds. The minimum Gasteiger partial charge on any atom is -0.477 e. The van der Waals surface area contributed by atoms with Crippen molar-refractivity contribution in [1.82, 2.24) is 19.6 Å². The number of carboxylic acids is 1. The summed E-state index contributed by atoms with van der Waals surface area (Å²) in [7, 11) is 0. The molecule has 1 aliphatic heterocycles. The minimum atomic E-state index is -1.55. The summed E-state index contributed by atoms with van der Waals surface area (Å²) in [5.41, 5.74) is -2.35. The fourth-order valence-corrected chi connectivity index (χ4v) is 3.76. The van der Waals surface area contributed by atoms with E-state index >= 15 is 4.39 Å². The van der Waals surface area contributed by atoms with Crippen molar-refractivity contribution < 1.29 is 23.1 Å². The molecule has 29 heavy (non-hydrogen) atoms. The Bertz CT molecular complexity index is 1150. The standard InChI is InChI=1S/C18H16F3N5O3/c19-2-5-25-9-12(18(28)29)17(27)11-7-13(20)16(14(21)15(11)25)24-4-1-10(8-24)26-6-3-22-23-26/h3,6-7,9-10H,1-2,4-5,8H2,(H,28,29). The number of carboxylic acid groups (broad SMARTS) is 1. The van der Waals surface area contributed by atoms with Crippen molar-refractivity contribution in [2.24, 2.45) is 0 Å². The number of alkyl halides is 1. The number of hydrogen-bond donors (Lipinski definition) is 1. The summed E-state index contributed by atoms with van der Waals surface area (Å²) in [4.78, 5) is 25.2. The Balaban J connectivity index is 1.86. The number of pyridine rings is 1. The van der Waals surface area contributed by atoms with Gasteiger partial charge in [0.25, 0.3) is 0 Å². The van der Waals surface area contributed by atoms with Crippen LogP contribution in [0.2, 0.25) is 0 Å². The van der Waals surface area contributed by atoms with E-state index in [-0.39, 0.29) is 30.3 Å². The third kappa shape index (κ3) is 3.12. The molecule has 1 atom stereocenters. The van der Waals surface area contributed by atoms with Crippen LogP contribution in [0.15, 0.2) is 29.5 Å². The lowest BCUT2D eigenvalue weighted by Gasteiger charge is -2.22. The quantitative estimate of drug-likeness (QED) is 0.695. The first-order valence-electron chi connectivity index (χ1n) is 8.87. The molecule has 3 heterocycles. The molecule has 1 fully saturated rings. The van der Waals surface area contributed by atoms with Crippen molar-refractivity contribution in [2.45, 2.75) is 19.0 Å². The summed E-state index contributed by atoms with van der Waals surface area (Å²) in [5.74, 6) is -3.56. The van der Waals surface area contributed by atoms with Gasteiger partial charge < -0.3 is 14.6 Å². The van der Waals surface area contributed by atoms with Crippen LogP contribution in [0.1, 0.15) is 22.8 Å². The van der Waals surface area contributed by atoms with Gasteiger partial charge in [-0.25, -0.2) is 22.6 Å². The number of halogens is 3. The van der Waals surface area contributed by atoms with Crippen molar-refractivity contribution in [3.05, 3.63) is 52.1 Å².